The van der Waals surface area contributed by atoms with E-state index in [-0.39, 0.29) is 17.9 Å². The van der Waals surface area contributed by atoms with Crippen LogP contribution in [0.1, 0.15) is 96.4 Å². The third-order valence-electron chi connectivity index (χ3n) is 6.34. The van der Waals surface area contributed by atoms with Gasteiger partial charge in [0.25, 0.3) is 0 Å². The zero-order chi connectivity index (χ0) is 28.2. The van der Waals surface area contributed by atoms with E-state index < -0.39 is 23.8 Å². The smallest absolute Gasteiger partial charge is 0.408 e. The summed E-state index contributed by atoms with van der Waals surface area (Å²) in [5.74, 6) is 0.214. The first-order valence-electron chi connectivity index (χ1n) is 13.5. The predicted molar refractivity (Wildman–Crippen MR) is 154 cm³/mol. The van der Waals surface area contributed by atoms with Crippen LogP contribution in [0.15, 0.2) is 18.2 Å². The highest BCUT2D eigenvalue weighted by atomic mass is 32.2. The van der Waals surface area contributed by atoms with Gasteiger partial charge in [-0.2, -0.15) is 11.8 Å². The molecule has 0 aliphatic heterocycles. The lowest BCUT2D eigenvalue weighted by Crippen LogP contribution is -2.56. The number of alkyl carbamates (subject to hydrolysis) is 1. The van der Waals surface area contributed by atoms with Crippen molar-refractivity contribution < 1.29 is 19.1 Å². The van der Waals surface area contributed by atoms with Crippen LogP contribution in [-0.4, -0.2) is 59.0 Å². The van der Waals surface area contributed by atoms with Gasteiger partial charge in [-0.3, -0.25) is 9.59 Å². The van der Waals surface area contributed by atoms with E-state index in [4.69, 9.17) is 4.74 Å². The molecule has 1 rings (SSSR count). The van der Waals surface area contributed by atoms with Crippen LogP contribution < -0.4 is 10.6 Å². The number of amides is 3. The van der Waals surface area contributed by atoms with Crippen molar-refractivity contribution >= 4 is 29.7 Å². The van der Waals surface area contributed by atoms with Crippen LogP contribution in [0, 0.1) is 13.8 Å². The Morgan fingerprint density at radius 1 is 1.08 bits per heavy atom. The molecule has 7 nitrogen and oxygen atoms in total. The summed E-state index contributed by atoms with van der Waals surface area (Å²) in [6, 6.07) is 4.07. The van der Waals surface area contributed by atoms with E-state index in [2.05, 4.69) is 17.6 Å². The van der Waals surface area contributed by atoms with Gasteiger partial charge < -0.3 is 20.3 Å². The van der Waals surface area contributed by atoms with Crippen molar-refractivity contribution in [2.45, 2.75) is 111 Å². The van der Waals surface area contributed by atoms with Crippen molar-refractivity contribution in [1.82, 2.24) is 15.5 Å². The van der Waals surface area contributed by atoms with Crippen molar-refractivity contribution in [3.8, 4) is 0 Å². The molecule has 0 saturated heterocycles. The molecule has 3 atom stereocenters. The Labute approximate surface area is 228 Å². The van der Waals surface area contributed by atoms with E-state index in [1.54, 1.807) is 37.4 Å². The lowest BCUT2D eigenvalue weighted by molar-refractivity contribution is -0.145. The zero-order valence-electron chi connectivity index (χ0n) is 24.4. The van der Waals surface area contributed by atoms with Crippen LogP contribution in [0.2, 0.25) is 0 Å². The summed E-state index contributed by atoms with van der Waals surface area (Å²) in [7, 11) is 0. The van der Waals surface area contributed by atoms with Gasteiger partial charge in [-0.25, -0.2) is 4.79 Å². The average molecular weight is 536 g/mol. The molecule has 1 aromatic carbocycles. The van der Waals surface area contributed by atoms with E-state index in [0.717, 1.165) is 36.0 Å². The number of nitrogens with zero attached hydrogens (tertiary/aromatic N) is 1. The monoisotopic (exact) mass is 535 g/mol. The topological polar surface area (TPSA) is 87.7 Å². The Hall–Kier alpha value is -2.22. The predicted octanol–water partition coefficient (Wildman–Crippen LogP) is 5.92. The third kappa shape index (κ3) is 10.6. The molecule has 0 aromatic heterocycles. The molecule has 0 spiro atoms. The van der Waals surface area contributed by atoms with Gasteiger partial charge in [-0.05, 0) is 89.5 Å². The van der Waals surface area contributed by atoms with Gasteiger partial charge in [-0.1, -0.05) is 44.9 Å². The first-order chi connectivity index (χ1) is 17.4. The number of carbonyl (C=O) groups excluding carboxylic acids is 3. The van der Waals surface area contributed by atoms with Gasteiger partial charge in [0.2, 0.25) is 11.8 Å². The number of aryl methyl sites for hydroxylation is 2. The van der Waals surface area contributed by atoms with Crippen LogP contribution in [-0.2, 0) is 14.3 Å². The summed E-state index contributed by atoms with van der Waals surface area (Å²) in [5.41, 5.74) is 2.06. The maximum atomic E-state index is 14.2. The minimum Gasteiger partial charge on any atom is -0.444 e. The first kappa shape index (κ1) is 32.8. The fourth-order valence-corrected chi connectivity index (χ4v) is 4.73. The molecule has 0 aliphatic rings. The minimum atomic E-state index is -0.809. The molecular weight excluding hydrogens is 486 g/mol. The minimum absolute atomic E-state index is 0.192. The second kappa shape index (κ2) is 15.9. The number of thioether (sulfide) groups is 1. The number of benzene rings is 1. The number of nitrogens with one attached hydrogen (secondary N) is 2. The molecule has 210 valence electrons. The second-order valence-corrected chi connectivity index (χ2v) is 11.7. The molecule has 2 N–H and O–H groups in total. The largest absolute Gasteiger partial charge is 0.444 e. The maximum Gasteiger partial charge on any atom is 0.408 e. The molecule has 1 aromatic rings. The van der Waals surface area contributed by atoms with Crippen molar-refractivity contribution in [3.05, 3.63) is 34.9 Å². The molecular formula is C29H49N3O4S. The van der Waals surface area contributed by atoms with Crippen LogP contribution in [0.4, 0.5) is 4.79 Å². The number of rotatable bonds is 14. The van der Waals surface area contributed by atoms with Gasteiger partial charge in [0.15, 0.2) is 0 Å². The van der Waals surface area contributed by atoms with E-state index in [9.17, 15) is 14.4 Å². The van der Waals surface area contributed by atoms with Crippen molar-refractivity contribution in [2.75, 3.05) is 18.6 Å². The molecule has 8 heteroatoms. The zero-order valence-corrected chi connectivity index (χ0v) is 25.2. The quantitative estimate of drug-likeness (QED) is 0.289. The first-order valence-corrected chi connectivity index (χ1v) is 14.9. The summed E-state index contributed by atoms with van der Waals surface area (Å²) in [4.78, 5) is 42.4. The molecule has 3 unspecified atom stereocenters. The molecule has 0 saturated carbocycles. The molecule has 0 bridgehead atoms. The highest BCUT2D eigenvalue weighted by Gasteiger charge is 2.39. The fourth-order valence-electron chi connectivity index (χ4n) is 4.26. The number of carbonyl (C=O) groups is 3. The Kier molecular flexibility index (Phi) is 14.1. The second-order valence-electron chi connectivity index (χ2n) is 10.7. The summed E-state index contributed by atoms with van der Waals surface area (Å²) >= 11 is 1.60. The molecule has 0 fully saturated rings. The Morgan fingerprint density at radius 2 is 1.70 bits per heavy atom. The summed E-state index contributed by atoms with van der Waals surface area (Å²) in [6.07, 6.45) is 5.39. The van der Waals surface area contributed by atoms with Crippen LogP contribution >= 0.6 is 11.8 Å². The summed E-state index contributed by atoms with van der Waals surface area (Å²) in [5, 5.41) is 5.89. The molecule has 3 amide bonds. The van der Waals surface area contributed by atoms with Crippen molar-refractivity contribution in [2.24, 2.45) is 0 Å². The van der Waals surface area contributed by atoms with Crippen LogP contribution in [0.5, 0.6) is 0 Å². The van der Waals surface area contributed by atoms with E-state index in [0.29, 0.717) is 25.1 Å². The van der Waals surface area contributed by atoms with Crippen LogP contribution in [0.25, 0.3) is 0 Å². The number of hydrogen-bond acceptors (Lipinski definition) is 5. The fraction of sp³-hybridized carbons (Fsp3) is 0.690. The standard InChI is InChI=1S/C29H49N3O4S/c1-10-12-13-18-30-26(33)25(24-20(3)15-14-16-21(24)4)32(22(5)11-2)27(34)23(17-19-37-9)31-28(35)36-29(6,7)8/h14-16,22-23,25H,10-13,17-19H2,1-9H3,(H,30,33)(H,31,35). The Bertz CT molecular complexity index is 864. The SMILES string of the molecule is CCCCCNC(=O)C(c1c(C)cccc1C)N(C(=O)C(CCSC)NC(=O)OC(C)(C)C)C(C)CC. The molecule has 0 heterocycles. The molecule has 0 radical (unpaired) electrons. The summed E-state index contributed by atoms with van der Waals surface area (Å²) in [6.45, 7) is 16.0. The van der Waals surface area contributed by atoms with Gasteiger partial charge in [-0.15, -0.1) is 0 Å². The van der Waals surface area contributed by atoms with Gasteiger partial charge >= 0.3 is 6.09 Å². The Morgan fingerprint density at radius 3 is 2.22 bits per heavy atom. The summed E-state index contributed by atoms with van der Waals surface area (Å²) < 4.78 is 5.46. The van der Waals surface area contributed by atoms with Gasteiger partial charge in [0.05, 0.1) is 0 Å². The normalized spacial score (nSPS) is 13.9. The van der Waals surface area contributed by atoms with E-state index in [1.165, 1.54) is 0 Å². The van der Waals surface area contributed by atoms with Gasteiger partial charge in [0, 0.05) is 12.6 Å². The molecule has 37 heavy (non-hydrogen) atoms. The van der Waals surface area contributed by atoms with Gasteiger partial charge in [0.1, 0.15) is 17.7 Å². The third-order valence-corrected chi connectivity index (χ3v) is 6.99. The lowest BCUT2D eigenvalue weighted by Gasteiger charge is -2.39. The van der Waals surface area contributed by atoms with Crippen molar-refractivity contribution in [3.63, 3.8) is 0 Å². The Balaban J connectivity index is 3.53. The number of ether oxygens (including phenoxy) is 1. The highest BCUT2D eigenvalue weighted by Crippen LogP contribution is 2.31. The average Bonchev–Trinajstić information content (AvgIpc) is 2.81. The number of hydrogen-bond donors (Lipinski definition) is 2. The van der Waals surface area contributed by atoms with E-state index >= 15 is 0 Å². The number of unbranched alkanes of at least 4 members (excludes halogenated alkanes) is 2. The lowest BCUT2D eigenvalue weighted by atomic mass is 9.92. The highest BCUT2D eigenvalue weighted by molar-refractivity contribution is 7.98. The maximum absolute atomic E-state index is 14.2. The van der Waals surface area contributed by atoms with Crippen LogP contribution in [0.3, 0.4) is 0 Å². The molecule has 0 aliphatic carbocycles. The van der Waals surface area contributed by atoms with Crippen molar-refractivity contribution in [1.29, 1.82) is 0 Å². The van der Waals surface area contributed by atoms with E-state index in [1.807, 2.05) is 52.1 Å².